The second kappa shape index (κ2) is 7.09. The summed E-state index contributed by atoms with van der Waals surface area (Å²) < 4.78 is 1.78. The predicted octanol–water partition coefficient (Wildman–Crippen LogP) is 4.84. The molecule has 0 aromatic heterocycles. The van der Waals surface area contributed by atoms with Crippen molar-refractivity contribution >= 4 is 49.4 Å². The molecule has 1 aromatic rings. The van der Waals surface area contributed by atoms with Crippen molar-refractivity contribution in [1.29, 1.82) is 0 Å². The van der Waals surface area contributed by atoms with E-state index in [0.29, 0.717) is 11.4 Å². The van der Waals surface area contributed by atoms with Crippen LogP contribution in [0.5, 0.6) is 0 Å². The van der Waals surface area contributed by atoms with E-state index in [-0.39, 0.29) is 11.9 Å². The molecule has 5 heteroatoms. The SMILES string of the molecule is O=C(c1ccc(Br)cc1Br)N1CCCCCC1CCl. The molecule has 1 atom stereocenters. The number of hydrogen-bond donors (Lipinski definition) is 0. The minimum Gasteiger partial charge on any atom is -0.334 e. The molecule has 1 aromatic carbocycles. The fourth-order valence-corrected chi connectivity index (χ4v) is 3.96. The normalized spacial score (nSPS) is 20.2. The van der Waals surface area contributed by atoms with E-state index in [4.69, 9.17) is 11.6 Å². The molecule has 2 nitrogen and oxygen atoms in total. The lowest BCUT2D eigenvalue weighted by Gasteiger charge is -2.29. The molecule has 1 saturated heterocycles. The van der Waals surface area contributed by atoms with Gasteiger partial charge in [0, 0.05) is 27.4 Å². The number of likely N-dealkylation sites (tertiary alicyclic amines) is 1. The fraction of sp³-hybridized carbons (Fsp3) is 0.500. The molecular weight excluding hydrogens is 393 g/mol. The molecule has 1 fully saturated rings. The largest absolute Gasteiger partial charge is 0.334 e. The Kier molecular flexibility index (Phi) is 5.72. The van der Waals surface area contributed by atoms with Crippen LogP contribution in [0.4, 0.5) is 0 Å². The summed E-state index contributed by atoms with van der Waals surface area (Å²) >= 11 is 12.9. The smallest absolute Gasteiger partial charge is 0.255 e. The lowest BCUT2D eigenvalue weighted by molar-refractivity contribution is 0.0699. The zero-order chi connectivity index (χ0) is 13.8. The highest BCUT2D eigenvalue weighted by molar-refractivity contribution is 9.11. The standard InChI is InChI=1S/C14H16Br2ClNO/c15-10-5-6-12(13(16)8-10)14(19)18-7-3-1-2-4-11(18)9-17/h5-6,8,11H,1-4,7,9H2. The van der Waals surface area contributed by atoms with E-state index >= 15 is 0 Å². The quantitative estimate of drug-likeness (QED) is 0.641. The molecule has 104 valence electrons. The summed E-state index contributed by atoms with van der Waals surface area (Å²) in [6.45, 7) is 0.804. The van der Waals surface area contributed by atoms with Crippen molar-refractivity contribution in [1.82, 2.24) is 4.90 Å². The van der Waals surface area contributed by atoms with Crippen molar-refractivity contribution in [3.05, 3.63) is 32.7 Å². The van der Waals surface area contributed by atoms with Crippen LogP contribution in [0.2, 0.25) is 0 Å². The van der Waals surface area contributed by atoms with Crippen LogP contribution in [0, 0.1) is 0 Å². The first-order chi connectivity index (χ1) is 9.13. The van der Waals surface area contributed by atoms with Gasteiger partial charge >= 0.3 is 0 Å². The van der Waals surface area contributed by atoms with E-state index in [0.717, 1.165) is 34.8 Å². The van der Waals surface area contributed by atoms with Gasteiger partial charge in [-0.05, 0) is 47.0 Å². The number of carbonyl (C=O) groups excluding carboxylic acids is 1. The Hall–Kier alpha value is -0.0600. The Morgan fingerprint density at radius 1 is 1.32 bits per heavy atom. The summed E-state index contributed by atoms with van der Waals surface area (Å²) in [5.74, 6) is 0.590. The summed E-state index contributed by atoms with van der Waals surface area (Å²) in [7, 11) is 0. The number of nitrogens with zero attached hydrogens (tertiary/aromatic N) is 1. The lowest BCUT2D eigenvalue weighted by atomic mass is 10.1. The maximum Gasteiger partial charge on any atom is 0.255 e. The summed E-state index contributed by atoms with van der Waals surface area (Å²) in [4.78, 5) is 14.6. The van der Waals surface area contributed by atoms with E-state index in [2.05, 4.69) is 31.9 Å². The molecule has 0 N–H and O–H groups in total. The number of amides is 1. The van der Waals surface area contributed by atoms with E-state index in [1.54, 1.807) is 0 Å². The zero-order valence-corrected chi connectivity index (χ0v) is 14.5. The number of rotatable bonds is 2. The fourth-order valence-electron chi connectivity index (χ4n) is 2.42. The highest BCUT2D eigenvalue weighted by Gasteiger charge is 2.26. The average molecular weight is 410 g/mol. The summed E-state index contributed by atoms with van der Waals surface area (Å²) in [5, 5.41) is 0. The average Bonchev–Trinajstić information content (AvgIpc) is 2.63. The topological polar surface area (TPSA) is 20.3 Å². The molecule has 1 aliphatic rings. The van der Waals surface area contributed by atoms with Crippen LogP contribution in [0.15, 0.2) is 27.1 Å². The molecule has 0 radical (unpaired) electrons. The minimum atomic E-state index is 0.0759. The van der Waals surface area contributed by atoms with E-state index < -0.39 is 0 Å². The molecule has 19 heavy (non-hydrogen) atoms. The third-order valence-corrected chi connectivity index (χ3v) is 4.98. The second-order valence-electron chi connectivity index (χ2n) is 4.78. The lowest BCUT2D eigenvalue weighted by Crippen LogP contribution is -2.41. The van der Waals surface area contributed by atoms with Gasteiger partial charge in [0.2, 0.25) is 0 Å². The van der Waals surface area contributed by atoms with Gasteiger partial charge in [-0.3, -0.25) is 4.79 Å². The van der Waals surface area contributed by atoms with Gasteiger partial charge in [0.25, 0.3) is 5.91 Å². The molecule has 0 saturated carbocycles. The van der Waals surface area contributed by atoms with Crippen molar-refractivity contribution in [2.24, 2.45) is 0 Å². The van der Waals surface area contributed by atoms with Crippen LogP contribution in [-0.4, -0.2) is 29.3 Å². The van der Waals surface area contributed by atoms with Crippen molar-refractivity contribution < 1.29 is 4.79 Å². The molecule has 0 bridgehead atoms. The third-order valence-electron chi connectivity index (χ3n) is 3.48. The Morgan fingerprint density at radius 3 is 2.79 bits per heavy atom. The van der Waals surface area contributed by atoms with E-state index in [1.807, 2.05) is 23.1 Å². The van der Waals surface area contributed by atoms with Crippen molar-refractivity contribution in [2.75, 3.05) is 12.4 Å². The first-order valence-electron chi connectivity index (χ1n) is 6.45. The Bertz CT molecular complexity index is 467. The maximum atomic E-state index is 12.7. The van der Waals surface area contributed by atoms with Gasteiger partial charge in [-0.2, -0.15) is 0 Å². The molecule has 1 unspecified atom stereocenters. The maximum absolute atomic E-state index is 12.7. The third kappa shape index (κ3) is 3.73. The molecule has 0 aliphatic carbocycles. The van der Waals surface area contributed by atoms with E-state index in [9.17, 15) is 4.79 Å². The number of alkyl halides is 1. The molecule has 1 aliphatic heterocycles. The van der Waals surface area contributed by atoms with Crippen molar-refractivity contribution in [3.63, 3.8) is 0 Å². The van der Waals surface area contributed by atoms with Crippen LogP contribution in [0.25, 0.3) is 0 Å². The minimum absolute atomic E-state index is 0.0759. The first kappa shape index (κ1) is 15.3. The van der Waals surface area contributed by atoms with E-state index in [1.165, 1.54) is 6.42 Å². The summed E-state index contributed by atoms with van der Waals surface area (Å²) in [6.07, 6.45) is 4.40. The van der Waals surface area contributed by atoms with Gasteiger partial charge in [0.15, 0.2) is 0 Å². The van der Waals surface area contributed by atoms with Gasteiger partial charge in [0.1, 0.15) is 0 Å². The van der Waals surface area contributed by atoms with Crippen LogP contribution in [-0.2, 0) is 0 Å². The van der Waals surface area contributed by atoms with Crippen LogP contribution in [0.1, 0.15) is 36.0 Å². The van der Waals surface area contributed by atoms with Gasteiger partial charge in [0.05, 0.1) is 5.56 Å². The molecule has 0 spiro atoms. The monoisotopic (exact) mass is 407 g/mol. The molecular formula is C14H16Br2ClNO. The Labute approximate surface area is 135 Å². The molecule has 2 rings (SSSR count). The number of hydrogen-bond acceptors (Lipinski definition) is 1. The highest BCUT2D eigenvalue weighted by Crippen LogP contribution is 2.26. The number of halogens is 3. The summed E-state index contributed by atoms with van der Waals surface area (Å²) in [5.41, 5.74) is 0.709. The van der Waals surface area contributed by atoms with Crippen LogP contribution in [0.3, 0.4) is 0 Å². The zero-order valence-electron chi connectivity index (χ0n) is 10.5. The number of benzene rings is 1. The van der Waals surface area contributed by atoms with Crippen LogP contribution >= 0.6 is 43.5 Å². The first-order valence-corrected chi connectivity index (χ1v) is 8.57. The van der Waals surface area contributed by atoms with Gasteiger partial charge < -0.3 is 4.90 Å². The molecule has 1 heterocycles. The van der Waals surface area contributed by atoms with Gasteiger partial charge in [-0.1, -0.05) is 28.8 Å². The van der Waals surface area contributed by atoms with Crippen LogP contribution < -0.4 is 0 Å². The number of carbonyl (C=O) groups is 1. The van der Waals surface area contributed by atoms with Crippen molar-refractivity contribution in [2.45, 2.75) is 31.7 Å². The van der Waals surface area contributed by atoms with Gasteiger partial charge in [-0.15, -0.1) is 11.6 Å². The second-order valence-corrected chi connectivity index (χ2v) is 6.86. The molecule has 1 amide bonds. The highest BCUT2D eigenvalue weighted by atomic mass is 79.9. The summed E-state index contributed by atoms with van der Waals surface area (Å²) in [6, 6.07) is 5.81. The predicted molar refractivity (Wildman–Crippen MR) is 85.9 cm³/mol. The Morgan fingerprint density at radius 2 is 2.11 bits per heavy atom. The van der Waals surface area contributed by atoms with Crippen molar-refractivity contribution in [3.8, 4) is 0 Å². The Balaban J connectivity index is 2.25. The van der Waals surface area contributed by atoms with Gasteiger partial charge in [-0.25, -0.2) is 0 Å².